The zero-order valence-corrected chi connectivity index (χ0v) is 17.0. The molecule has 1 N–H and O–H groups in total. The van der Waals surface area contributed by atoms with Crippen LogP contribution in [0.1, 0.15) is 30.6 Å². The van der Waals surface area contributed by atoms with Gasteiger partial charge in [-0.1, -0.05) is 18.5 Å². The number of ether oxygens (including phenoxy) is 2. The third-order valence-corrected chi connectivity index (χ3v) is 4.97. The Bertz CT molecular complexity index is 910. The van der Waals surface area contributed by atoms with Gasteiger partial charge >= 0.3 is 0 Å². The van der Waals surface area contributed by atoms with E-state index in [1.807, 2.05) is 13.8 Å². The molecule has 0 aliphatic rings. The number of carbonyl (C=O) groups excluding carboxylic acids is 1. The number of nitrogens with one attached hydrogen (secondary N) is 1. The molecule has 0 aliphatic carbocycles. The highest BCUT2D eigenvalue weighted by Gasteiger charge is 2.17. The Morgan fingerprint density at radius 3 is 2.33 bits per heavy atom. The first kappa shape index (κ1) is 21.1. The first-order chi connectivity index (χ1) is 12.8. The lowest BCUT2D eigenvalue weighted by atomic mass is 10.1. The summed E-state index contributed by atoms with van der Waals surface area (Å²) in [5.74, 6) is 0.414. The maximum atomic E-state index is 12.5. The lowest BCUT2D eigenvalue weighted by molar-refractivity contribution is 0.102. The van der Waals surface area contributed by atoms with Crippen molar-refractivity contribution in [2.75, 3.05) is 24.8 Å². The van der Waals surface area contributed by atoms with Gasteiger partial charge in [0, 0.05) is 17.5 Å². The number of anilines is 1. The maximum Gasteiger partial charge on any atom is 0.255 e. The topological polar surface area (TPSA) is 81.7 Å². The molecule has 2 rings (SSSR count). The lowest BCUT2D eigenvalue weighted by Crippen LogP contribution is -2.13. The number of rotatable bonds is 8. The van der Waals surface area contributed by atoms with E-state index >= 15 is 0 Å². The van der Waals surface area contributed by atoms with Crippen LogP contribution < -0.4 is 14.8 Å². The molecule has 27 heavy (non-hydrogen) atoms. The minimum Gasteiger partial charge on any atom is -0.490 e. The number of hydrogen-bond donors (Lipinski definition) is 1. The number of carbonyl (C=O) groups is 1. The number of amides is 1. The van der Waals surface area contributed by atoms with Crippen molar-refractivity contribution in [1.29, 1.82) is 0 Å². The van der Waals surface area contributed by atoms with Gasteiger partial charge < -0.3 is 14.8 Å². The number of benzene rings is 2. The van der Waals surface area contributed by atoms with Crippen molar-refractivity contribution in [1.82, 2.24) is 0 Å². The molecule has 2 aromatic rings. The van der Waals surface area contributed by atoms with Crippen molar-refractivity contribution in [2.45, 2.75) is 25.2 Å². The highest BCUT2D eigenvalue weighted by molar-refractivity contribution is 7.90. The van der Waals surface area contributed by atoms with Crippen molar-refractivity contribution in [2.24, 2.45) is 0 Å². The van der Waals surface area contributed by atoms with Gasteiger partial charge in [0.15, 0.2) is 21.3 Å². The van der Waals surface area contributed by atoms with E-state index in [1.54, 1.807) is 6.07 Å². The van der Waals surface area contributed by atoms with E-state index in [1.165, 1.54) is 30.3 Å². The second-order valence-electron chi connectivity index (χ2n) is 5.82. The second kappa shape index (κ2) is 9.10. The monoisotopic (exact) mass is 411 g/mol. The van der Waals surface area contributed by atoms with Crippen LogP contribution in [0.15, 0.2) is 41.3 Å². The molecule has 0 bridgehead atoms. The molecule has 0 saturated carbocycles. The molecule has 0 spiro atoms. The van der Waals surface area contributed by atoms with Gasteiger partial charge in [-0.05, 0) is 49.7 Å². The van der Waals surface area contributed by atoms with Crippen LogP contribution in [0.5, 0.6) is 11.5 Å². The average Bonchev–Trinajstić information content (AvgIpc) is 2.60. The second-order valence-corrected chi connectivity index (χ2v) is 8.24. The third kappa shape index (κ3) is 5.61. The zero-order valence-electron chi connectivity index (χ0n) is 15.4. The maximum absolute atomic E-state index is 12.5. The van der Waals surface area contributed by atoms with Crippen LogP contribution in [0.3, 0.4) is 0 Å². The minimum atomic E-state index is -3.29. The molecule has 0 unspecified atom stereocenters. The fraction of sp³-hybridized carbons (Fsp3) is 0.316. The summed E-state index contributed by atoms with van der Waals surface area (Å²) in [5, 5.41) is 2.99. The summed E-state index contributed by atoms with van der Waals surface area (Å²) >= 11 is 6.27. The van der Waals surface area contributed by atoms with E-state index in [-0.39, 0.29) is 9.92 Å². The van der Waals surface area contributed by atoms with Gasteiger partial charge in [0.1, 0.15) is 0 Å². The Labute approximate surface area is 164 Å². The van der Waals surface area contributed by atoms with E-state index in [4.69, 9.17) is 21.1 Å². The molecule has 2 aromatic carbocycles. The number of sulfone groups is 1. The number of hydrogen-bond acceptors (Lipinski definition) is 5. The predicted molar refractivity (Wildman–Crippen MR) is 106 cm³/mol. The van der Waals surface area contributed by atoms with Gasteiger partial charge in [0.2, 0.25) is 0 Å². The SMILES string of the molecule is CCCOc1c(Cl)cc(C(=O)Nc2ccc(S(C)(=O)=O)cc2)cc1OCC. The lowest BCUT2D eigenvalue weighted by Gasteiger charge is -2.15. The molecule has 0 atom stereocenters. The predicted octanol–water partition coefficient (Wildman–Crippen LogP) is 4.18. The summed E-state index contributed by atoms with van der Waals surface area (Å²) in [4.78, 5) is 12.7. The fourth-order valence-electron chi connectivity index (χ4n) is 2.29. The van der Waals surface area contributed by atoms with Crippen LogP contribution >= 0.6 is 11.6 Å². The van der Waals surface area contributed by atoms with Crippen molar-refractivity contribution in [3.63, 3.8) is 0 Å². The molecule has 0 aromatic heterocycles. The third-order valence-electron chi connectivity index (χ3n) is 3.56. The summed E-state index contributed by atoms with van der Waals surface area (Å²) in [5.41, 5.74) is 0.771. The molecule has 0 aliphatic heterocycles. The molecule has 0 fully saturated rings. The number of halogens is 1. The Balaban J connectivity index is 2.25. The largest absolute Gasteiger partial charge is 0.490 e. The summed E-state index contributed by atoms with van der Waals surface area (Å²) in [6.45, 7) is 4.69. The van der Waals surface area contributed by atoms with Gasteiger partial charge in [-0.2, -0.15) is 0 Å². The molecule has 0 saturated heterocycles. The zero-order chi connectivity index (χ0) is 20.0. The first-order valence-electron chi connectivity index (χ1n) is 8.46. The molecule has 1 amide bonds. The van der Waals surface area contributed by atoms with Crippen molar-refractivity contribution < 1.29 is 22.7 Å². The van der Waals surface area contributed by atoms with Crippen molar-refractivity contribution in [3.05, 3.63) is 47.0 Å². The fourth-order valence-corrected chi connectivity index (χ4v) is 3.19. The molecule has 8 heteroatoms. The highest BCUT2D eigenvalue weighted by Crippen LogP contribution is 2.37. The quantitative estimate of drug-likeness (QED) is 0.704. The summed E-state index contributed by atoms with van der Waals surface area (Å²) in [7, 11) is -3.29. The van der Waals surface area contributed by atoms with E-state index in [0.29, 0.717) is 36.0 Å². The van der Waals surface area contributed by atoms with E-state index < -0.39 is 15.7 Å². The van der Waals surface area contributed by atoms with Crippen LogP contribution in [-0.2, 0) is 9.84 Å². The molecule has 146 valence electrons. The van der Waals surface area contributed by atoms with Gasteiger partial charge in [-0.15, -0.1) is 0 Å². The Morgan fingerprint density at radius 2 is 1.78 bits per heavy atom. The molecular weight excluding hydrogens is 390 g/mol. The average molecular weight is 412 g/mol. The molecule has 6 nitrogen and oxygen atoms in total. The van der Waals surface area contributed by atoms with Gasteiger partial charge in [-0.25, -0.2) is 8.42 Å². The van der Waals surface area contributed by atoms with Crippen LogP contribution in [0.25, 0.3) is 0 Å². The first-order valence-corrected chi connectivity index (χ1v) is 10.7. The minimum absolute atomic E-state index is 0.180. The Hall–Kier alpha value is -2.25. The summed E-state index contributed by atoms with van der Waals surface area (Å²) in [6.07, 6.45) is 1.94. The van der Waals surface area contributed by atoms with Crippen LogP contribution in [-0.4, -0.2) is 33.8 Å². The van der Waals surface area contributed by atoms with Gasteiger partial charge in [0.05, 0.1) is 23.1 Å². The molecule has 0 radical (unpaired) electrons. The van der Waals surface area contributed by atoms with E-state index in [9.17, 15) is 13.2 Å². The molecule has 0 heterocycles. The van der Waals surface area contributed by atoms with Crippen LogP contribution in [0.2, 0.25) is 5.02 Å². The Kier molecular flexibility index (Phi) is 7.10. The standard InChI is InChI=1S/C19H22ClNO5S/c1-4-10-26-18-16(20)11-13(12-17(18)25-5-2)19(22)21-14-6-8-15(9-7-14)27(3,23)24/h6-9,11-12H,4-5,10H2,1-3H3,(H,21,22). The van der Waals surface area contributed by atoms with Gasteiger partial charge in [0.25, 0.3) is 5.91 Å². The Morgan fingerprint density at radius 1 is 1.11 bits per heavy atom. The molecular formula is C19H22ClNO5S. The van der Waals surface area contributed by atoms with Crippen molar-refractivity contribution in [3.8, 4) is 11.5 Å². The smallest absolute Gasteiger partial charge is 0.255 e. The van der Waals surface area contributed by atoms with Crippen molar-refractivity contribution >= 4 is 33.0 Å². The summed E-state index contributed by atoms with van der Waals surface area (Å²) < 4.78 is 34.2. The van der Waals surface area contributed by atoms with Crippen LogP contribution in [0, 0.1) is 0 Å². The van der Waals surface area contributed by atoms with E-state index in [2.05, 4.69) is 5.32 Å². The van der Waals surface area contributed by atoms with Gasteiger partial charge in [-0.3, -0.25) is 4.79 Å². The summed E-state index contributed by atoms with van der Waals surface area (Å²) in [6, 6.07) is 9.00. The normalized spacial score (nSPS) is 11.1. The van der Waals surface area contributed by atoms with E-state index in [0.717, 1.165) is 12.7 Å². The van der Waals surface area contributed by atoms with Crippen LogP contribution in [0.4, 0.5) is 5.69 Å². The highest BCUT2D eigenvalue weighted by atomic mass is 35.5.